The van der Waals surface area contributed by atoms with E-state index < -0.39 is 0 Å². The summed E-state index contributed by atoms with van der Waals surface area (Å²) >= 11 is 0. The van der Waals surface area contributed by atoms with Gasteiger partial charge in [0.1, 0.15) is 0 Å². The molecule has 2 heteroatoms. The summed E-state index contributed by atoms with van der Waals surface area (Å²) in [4.78, 5) is 13.8. The summed E-state index contributed by atoms with van der Waals surface area (Å²) in [6.07, 6.45) is 26.5. The van der Waals surface area contributed by atoms with Crippen molar-refractivity contribution in [2.75, 3.05) is 7.05 Å². The van der Waals surface area contributed by atoms with E-state index in [4.69, 9.17) is 0 Å². The first-order chi connectivity index (χ1) is 18.1. The molecule has 1 aromatic carbocycles. The van der Waals surface area contributed by atoms with E-state index in [-0.39, 0.29) is 5.91 Å². The van der Waals surface area contributed by atoms with E-state index >= 15 is 0 Å². The smallest absolute Gasteiger partial charge is 0.245 e. The Morgan fingerprint density at radius 2 is 1.38 bits per heavy atom. The highest BCUT2D eigenvalue weighted by Gasteiger charge is 2.31. The lowest BCUT2D eigenvalue weighted by atomic mass is 9.68. The Balaban J connectivity index is 1.12. The first kappa shape index (κ1) is 28.4. The maximum absolute atomic E-state index is 11.9. The first-order valence-corrected chi connectivity index (χ1v) is 16.0. The maximum atomic E-state index is 11.9. The van der Waals surface area contributed by atoms with Crippen molar-refractivity contribution in [1.29, 1.82) is 0 Å². The maximum Gasteiger partial charge on any atom is 0.245 e. The SMILES string of the molecule is C=CC(=O)N(C)C1CCC(c2ccc(CCC3CCC(C4CCC(CCCCC)CC4)CC3)cc2)CC1. The second-order valence-electron chi connectivity index (χ2n) is 13.0. The van der Waals surface area contributed by atoms with Crippen molar-refractivity contribution in [1.82, 2.24) is 4.90 Å². The minimum absolute atomic E-state index is 0.0570. The number of aryl methyl sites for hydroxylation is 1. The Hall–Kier alpha value is -1.57. The van der Waals surface area contributed by atoms with Crippen molar-refractivity contribution in [3.63, 3.8) is 0 Å². The molecule has 0 aliphatic heterocycles. The molecule has 4 rings (SSSR count). The molecule has 1 amide bonds. The summed E-state index contributed by atoms with van der Waals surface area (Å²) in [5, 5.41) is 0. The Morgan fingerprint density at radius 1 is 0.811 bits per heavy atom. The molecular weight excluding hydrogens is 450 g/mol. The van der Waals surface area contributed by atoms with Crippen LogP contribution in [0.1, 0.15) is 133 Å². The molecule has 2 nitrogen and oxygen atoms in total. The van der Waals surface area contributed by atoms with Gasteiger partial charge in [0.15, 0.2) is 0 Å². The van der Waals surface area contributed by atoms with Gasteiger partial charge in [0, 0.05) is 13.1 Å². The highest BCUT2D eigenvalue weighted by atomic mass is 16.2. The molecule has 0 unspecified atom stereocenters. The standard InChI is InChI=1S/C35H55NO/c1-4-6-7-8-27-11-17-30(18-12-27)31-19-13-28(14-20-31)9-10-29-15-21-32(22-16-29)33-23-25-34(26-24-33)36(3)35(37)5-2/h5,15-16,21-22,27-28,30-31,33-34H,2,4,6-14,17-20,23-26H2,1,3H3. The first-order valence-electron chi connectivity index (χ1n) is 16.0. The molecule has 0 spiro atoms. The number of rotatable bonds is 11. The van der Waals surface area contributed by atoms with Crippen LogP contribution in [0.3, 0.4) is 0 Å². The monoisotopic (exact) mass is 505 g/mol. The lowest BCUT2D eigenvalue weighted by Gasteiger charge is -2.38. The largest absolute Gasteiger partial charge is 0.339 e. The van der Waals surface area contributed by atoms with Gasteiger partial charge in [-0.25, -0.2) is 0 Å². The van der Waals surface area contributed by atoms with Crippen LogP contribution in [0, 0.1) is 23.7 Å². The number of hydrogen-bond donors (Lipinski definition) is 0. The minimum Gasteiger partial charge on any atom is -0.339 e. The number of likely N-dealkylation sites (N-methyl/N-ethyl adjacent to an activating group) is 1. The van der Waals surface area contributed by atoms with Crippen LogP contribution in [0.25, 0.3) is 0 Å². The van der Waals surface area contributed by atoms with Gasteiger partial charge in [-0.15, -0.1) is 0 Å². The Morgan fingerprint density at radius 3 is 1.92 bits per heavy atom. The fraction of sp³-hybridized carbons (Fsp3) is 0.743. The molecule has 206 valence electrons. The molecular formula is C35H55NO. The van der Waals surface area contributed by atoms with Crippen molar-refractivity contribution in [3.05, 3.63) is 48.0 Å². The Labute approximate surface area is 228 Å². The van der Waals surface area contributed by atoms with Crippen LogP contribution in [0.15, 0.2) is 36.9 Å². The highest BCUT2D eigenvalue weighted by Crippen LogP contribution is 2.43. The van der Waals surface area contributed by atoms with Gasteiger partial charge in [0.2, 0.25) is 5.91 Å². The average Bonchev–Trinajstić information content (AvgIpc) is 2.96. The van der Waals surface area contributed by atoms with Crippen molar-refractivity contribution in [2.45, 2.75) is 134 Å². The van der Waals surface area contributed by atoms with Crippen molar-refractivity contribution < 1.29 is 4.79 Å². The van der Waals surface area contributed by atoms with Gasteiger partial charge in [0.25, 0.3) is 0 Å². The van der Waals surface area contributed by atoms with Crippen molar-refractivity contribution >= 4 is 5.91 Å². The molecule has 0 atom stereocenters. The van der Waals surface area contributed by atoms with Gasteiger partial charge in [0.05, 0.1) is 0 Å². The minimum atomic E-state index is 0.0570. The second-order valence-corrected chi connectivity index (χ2v) is 13.0. The quantitative estimate of drug-likeness (QED) is 0.216. The molecule has 0 radical (unpaired) electrons. The topological polar surface area (TPSA) is 20.3 Å². The van der Waals surface area contributed by atoms with Gasteiger partial charge in [-0.3, -0.25) is 4.79 Å². The van der Waals surface area contributed by atoms with E-state index in [2.05, 4.69) is 37.8 Å². The zero-order valence-corrected chi connectivity index (χ0v) is 24.1. The Kier molecular flexibility index (Phi) is 11.2. The number of carbonyl (C=O) groups is 1. The lowest BCUT2D eigenvalue weighted by molar-refractivity contribution is -0.127. The van der Waals surface area contributed by atoms with Crippen LogP contribution in [-0.4, -0.2) is 23.9 Å². The van der Waals surface area contributed by atoms with Gasteiger partial charge in [-0.1, -0.05) is 89.1 Å². The molecule has 0 heterocycles. The van der Waals surface area contributed by atoms with E-state index in [0.717, 1.165) is 36.5 Å². The summed E-state index contributed by atoms with van der Waals surface area (Å²) in [6.45, 7) is 5.96. The van der Waals surface area contributed by atoms with E-state index in [1.165, 1.54) is 120 Å². The molecule has 0 aromatic heterocycles. The van der Waals surface area contributed by atoms with Gasteiger partial charge < -0.3 is 4.90 Å². The zero-order valence-electron chi connectivity index (χ0n) is 24.1. The summed E-state index contributed by atoms with van der Waals surface area (Å²) in [5.74, 6) is 4.80. The van der Waals surface area contributed by atoms with Gasteiger partial charge >= 0.3 is 0 Å². The molecule has 0 N–H and O–H groups in total. The zero-order chi connectivity index (χ0) is 26.0. The number of nitrogens with zero attached hydrogens (tertiary/aromatic N) is 1. The number of unbranched alkanes of at least 4 members (excludes halogenated alkanes) is 2. The van der Waals surface area contributed by atoms with Crippen LogP contribution < -0.4 is 0 Å². The van der Waals surface area contributed by atoms with Crippen LogP contribution in [0.4, 0.5) is 0 Å². The summed E-state index contributed by atoms with van der Waals surface area (Å²) in [7, 11) is 1.93. The number of carbonyl (C=O) groups excluding carboxylic acids is 1. The third-order valence-corrected chi connectivity index (χ3v) is 10.7. The fourth-order valence-electron chi connectivity index (χ4n) is 8.03. The molecule has 3 fully saturated rings. The molecule has 0 saturated heterocycles. The summed E-state index contributed by atoms with van der Waals surface area (Å²) in [6, 6.07) is 9.98. The van der Waals surface area contributed by atoms with E-state index in [9.17, 15) is 4.79 Å². The van der Waals surface area contributed by atoms with E-state index in [0.29, 0.717) is 12.0 Å². The third kappa shape index (κ3) is 8.21. The molecule has 0 bridgehead atoms. The van der Waals surface area contributed by atoms with E-state index in [1.807, 2.05) is 11.9 Å². The van der Waals surface area contributed by atoms with Crippen molar-refractivity contribution in [3.8, 4) is 0 Å². The second kappa shape index (κ2) is 14.5. The van der Waals surface area contributed by atoms with Crippen LogP contribution in [0.5, 0.6) is 0 Å². The molecule has 1 aromatic rings. The fourth-order valence-corrected chi connectivity index (χ4v) is 8.03. The number of hydrogen-bond acceptors (Lipinski definition) is 1. The average molecular weight is 506 g/mol. The van der Waals surface area contributed by atoms with E-state index in [1.54, 1.807) is 0 Å². The van der Waals surface area contributed by atoms with Gasteiger partial charge in [-0.2, -0.15) is 0 Å². The van der Waals surface area contributed by atoms with Gasteiger partial charge in [-0.05, 0) is 111 Å². The third-order valence-electron chi connectivity index (χ3n) is 10.7. The Bertz CT molecular complexity index is 804. The predicted octanol–water partition coefficient (Wildman–Crippen LogP) is 9.48. The van der Waals surface area contributed by atoms with Crippen LogP contribution >= 0.6 is 0 Å². The summed E-state index contributed by atoms with van der Waals surface area (Å²) in [5.41, 5.74) is 3.03. The molecule has 37 heavy (non-hydrogen) atoms. The normalized spacial score (nSPS) is 30.5. The predicted molar refractivity (Wildman–Crippen MR) is 158 cm³/mol. The van der Waals surface area contributed by atoms with Crippen LogP contribution in [-0.2, 0) is 11.2 Å². The molecule has 3 aliphatic carbocycles. The van der Waals surface area contributed by atoms with Crippen LogP contribution in [0.2, 0.25) is 0 Å². The number of amides is 1. The number of benzene rings is 1. The lowest BCUT2D eigenvalue weighted by Crippen LogP contribution is -2.38. The highest BCUT2D eigenvalue weighted by molar-refractivity contribution is 5.87. The van der Waals surface area contributed by atoms with Crippen molar-refractivity contribution in [2.24, 2.45) is 23.7 Å². The molecule has 3 aliphatic rings. The molecule has 3 saturated carbocycles. The summed E-state index contributed by atoms with van der Waals surface area (Å²) < 4.78 is 0.